The van der Waals surface area contributed by atoms with Gasteiger partial charge in [-0.1, -0.05) is 54.1 Å². The van der Waals surface area contributed by atoms with E-state index in [1.807, 2.05) is 74.2 Å². The molecule has 0 aliphatic rings. The quantitative estimate of drug-likeness (QED) is 0.488. The molecular weight excluding hydrogens is 382 g/mol. The highest BCUT2D eigenvalue weighted by molar-refractivity contribution is 7.15. The Hall–Kier alpha value is -1.95. The van der Waals surface area contributed by atoms with Gasteiger partial charge in [-0.05, 0) is 31.8 Å². The summed E-state index contributed by atoms with van der Waals surface area (Å²) >= 11 is 7.52. The highest BCUT2D eigenvalue weighted by atomic mass is 35.5. The summed E-state index contributed by atoms with van der Waals surface area (Å²) in [6.45, 7) is 6.03. The van der Waals surface area contributed by atoms with Crippen LogP contribution in [0, 0.1) is 0 Å². The van der Waals surface area contributed by atoms with E-state index in [2.05, 4.69) is 0 Å². The summed E-state index contributed by atoms with van der Waals surface area (Å²) in [4.78, 5) is 18.1. The number of nitrogens with zero attached hydrogens (tertiary/aromatic N) is 1. The minimum atomic E-state index is -1.91. The Labute approximate surface area is 163 Å². The van der Waals surface area contributed by atoms with Crippen LogP contribution in [0.3, 0.4) is 0 Å². The van der Waals surface area contributed by atoms with Crippen molar-refractivity contribution in [2.24, 2.45) is 0 Å². The average molecular weight is 402 g/mol. The number of carbonyl (C=O) groups excluding carboxylic acids is 1. The molecule has 0 fully saturated rings. The minimum Gasteiger partial charge on any atom is -0.520 e. The number of rotatable bonds is 5. The fourth-order valence-electron chi connectivity index (χ4n) is 2.52. The van der Waals surface area contributed by atoms with Crippen LogP contribution in [0.1, 0.15) is 4.88 Å². The maximum atomic E-state index is 12.4. The zero-order chi connectivity index (χ0) is 18.7. The predicted molar refractivity (Wildman–Crippen MR) is 111 cm³/mol. The van der Waals surface area contributed by atoms with Gasteiger partial charge in [-0.15, -0.1) is 11.3 Å². The zero-order valence-corrected chi connectivity index (χ0v) is 17.5. The number of carbonyl (C=O) groups is 1. The molecule has 2 aromatic carbocycles. The van der Waals surface area contributed by atoms with Gasteiger partial charge in [0.15, 0.2) is 0 Å². The van der Waals surface area contributed by atoms with E-state index in [4.69, 9.17) is 21.0 Å². The fourth-order valence-corrected chi connectivity index (χ4v) is 4.47. The van der Waals surface area contributed by atoms with Crippen LogP contribution in [0.25, 0.3) is 21.8 Å². The lowest BCUT2D eigenvalue weighted by atomic mass is 10.1. The van der Waals surface area contributed by atoms with Gasteiger partial charge < -0.3 is 4.43 Å². The normalized spacial score (nSPS) is 11.4. The SMILES string of the molecule is C[Si](C)(C)OC(=O)Cc1sc(-c2ccc(Cl)cc2)nc1-c1ccccc1. The molecule has 26 heavy (non-hydrogen) atoms. The molecule has 134 valence electrons. The third kappa shape index (κ3) is 4.81. The molecule has 1 aromatic heterocycles. The van der Waals surface area contributed by atoms with Gasteiger partial charge in [-0.25, -0.2) is 4.98 Å². The van der Waals surface area contributed by atoms with E-state index in [9.17, 15) is 4.79 Å². The van der Waals surface area contributed by atoms with Crippen molar-refractivity contribution in [1.29, 1.82) is 0 Å². The Kier molecular flexibility index (Phi) is 5.60. The summed E-state index contributed by atoms with van der Waals surface area (Å²) in [6.07, 6.45) is 0.236. The number of hydrogen-bond acceptors (Lipinski definition) is 4. The fraction of sp³-hybridized carbons (Fsp3) is 0.200. The van der Waals surface area contributed by atoms with E-state index in [1.165, 1.54) is 11.3 Å². The summed E-state index contributed by atoms with van der Waals surface area (Å²) in [5, 5.41) is 1.56. The molecular formula is C20H20ClNO2SSi. The van der Waals surface area contributed by atoms with Gasteiger partial charge in [0, 0.05) is 21.0 Å². The number of hydrogen-bond donors (Lipinski definition) is 0. The number of halogens is 1. The van der Waals surface area contributed by atoms with Gasteiger partial charge >= 0.3 is 0 Å². The lowest BCUT2D eigenvalue weighted by Crippen LogP contribution is -2.29. The van der Waals surface area contributed by atoms with Crippen molar-refractivity contribution in [2.45, 2.75) is 26.1 Å². The Morgan fingerprint density at radius 1 is 1.04 bits per heavy atom. The molecule has 0 aliphatic heterocycles. The lowest BCUT2D eigenvalue weighted by Gasteiger charge is -2.17. The molecule has 0 amide bonds. The van der Waals surface area contributed by atoms with Crippen LogP contribution in [0.4, 0.5) is 0 Å². The second-order valence-electron chi connectivity index (χ2n) is 6.93. The van der Waals surface area contributed by atoms with E-state index in [0.717, 1.165) is 26.7 Å². The molecule has 3 rings (SSSR count). The van der Waals surface area contributed by atoms with Gasteiger partial charge in [-0.2, -0.15) is 0 Å². The standard InChI is InChI=1S/C20H20ClNO2SSi/c1-26(2,3)24-18(23)13-17-19(14-7-5-4-6-8-14)22-20(25-17)15-9-11-16(21)12-10-15/h4-12H,13H2,1-3H3. The molecule has 0 atom stereocenters. The average Bonchev–Trinajstić information content (AvgIpc) is 2.98. The maximum absolute atomic E-state index is 12.4. The molecule has 1 heterocycles. The van der Waals surface area contributed by atoms with E-state index in [0.29, 0.717) is 5.02 Å². The van der Waals surface area contributed by atoms with Gasteiger partial charge in [-0.3, -0.25) is 4.79 Å². The van der Waals surface area contributed by atoms with Gasteiger partial charge in [0.1, 0.15) is 5.01 Å². The number of benzene rings is 2. The lowest BCUT2D eigenvalue weighted by molar-refractivity contribution is -0.134. The molecule has 0 unspecified atom stereocenters. The molecule has 3 aromatic rings. The predicted octanol–water partition coefficient (Wildman–Crippen LogP) is 6.05. The first-order chi connectivity index (χ1) is 12.3. The Bertz CT molecular complexity index is 902. The van der Waals surface area contributed by atoms with Crippen LogP contribution >= 0.6 is 22.9 Å². The van der Waals surface area contributed by atoms with Crippen molar-refractivity contribution in [3.8, 4) is 21.8 Å². The van der Waals surface area contributed by atoms with Crippen LogP contribution < -0.4 is 0 Å². The molecule has 0 saturated heterocycles. The first kappa shape index (κ1) is 18.8. The smallest absolute Gasteiger partial charge is 0.297 e. The second kappa shape index (κ2) is 7.74. The van der Waals surface area contributed by atoms with Crippen molar-refractivity contribution in [1.82, 2.24) is 4.98 Å². The molecule has 0 radical (unpaired) electrons. The third-order valence-corrected chi connectivity index (χ3v) is 5.76. The van der Waals surface area contributed by atoms with Crippen LogP contribution in [0.5, 0.6) is 0 Å². The molecule has 0 saturated carbocycles. The van der Waals surface area contributed by atoms with E-state index >= 15 is 0 Å². The number of thiazole rings is 1. The minimum absolute atomic E-state index is 0.187. The van der Waals surface area contributed by atoms with Crippen LogP contribution in [-0.4, -0.2) is 19.3 Å². The van der Waals surface area contributed by atoms with E-state index < -0.39 is 8.32 Å². The molecule has 3 nitrogen and oxygen atoms in total. The Balaban J connectivity index is 1.98. The largest absolute Gasteiger partial charge is 0.520 e. The highest BCUT2D eigenvalue weighted by Gasteiger charge is 2.23. The summed E-state index contributed by atoms with van der Waals surface area (Å²) in [6, 6.07) is 17.5. The van der Waals surface area contributed by atoms with E-state index in [-0.39, 0.29) is 12.4 Å². The topological polar surface area (TPSA) is 39.2 Å². The van der Waals surface area contributed by atoms with Gasteiger partial charge in [0.05, 0.1) is 12.1 Å². The van der Waals surface area contributed by atoms with Crippen molar-refractivity contribution >= 4 is 37.2 Å². The second-order valence-corrected chi connectivity index (χ2v) is 12.9. The van der Waals surface area contributed by atoms with Crippen molar-refractivity contribution in [2.75, 3.05) is 0 Å². The van der Waals surface area contributed by atoms with E-state index in [1.54, 1.807) is 0 Å². The molecule has 6 heteroatoms. The molecule has 0 N–H and O–H groups in total. The summed E-state index contributed by atoms with van der Waals surface area (Å²) < 4.78 is 5.62. The monoisotopic (exact) mass is 401 g/mol. The molecule has 0 bridgehead atoms. The summed E-state index contributed by atoms with van der Waals surface area (Å²) in [5.74, 6) is -0.187. The van der Waals surface area contributed by atoms with Gasteiger partial charge in [0.25, 0.3) is 5.97 Å². The van der Waals surface area contributed by atoms with Crippen LogP contribution in [-0.2, 0) is 15.6 Å². The molecule has 0 spiro atoms. The maximum Gasteiger partial charge on any atom is 0.297 e. The Morgan fingerprint density at radius 3 is 2.31 bits per heavy atom. The first-order valence-corrected chi connectivity index (χ1v) is 12.9. The van der Waals surface area contributed by atoms with Crippen LogP contribution in [0.15, 0.2) is 54.6 Å². The van der Waals surface area contributed by atoms with Crippen molar-refractivity contribution in [3.63, 3.8) is 0 Å². The first-order valence-electron chi connectivity index (χ1n) is 8.35. The van der Waals surface area contributed by atoms with Crippen LogP contribution in [0.2, 0.25) is 24.7 Å². The summed E-state index contributed by atoms with van der Waals surface area (Å²) in [7, 11) is -1.91. The highest BCUT2D eigenvalue weighted by Crippen LogP contribution is 2.35. The zero-order valence-electron chi connectivity index (χ0n) is 15.0. The third-order valence-electron chi connectivity index (χ3n) is 3.56. The summed E-state index contributed by atoms with van der Waals surface area (Å²) in [5.41, 5.74) is 2.83. The molecule has 0 aliphatic carbocycles. The Morgan fingerprint density at radius 2 is 1.69 bits per heavy atom. The van der Waals surface area contributed by atoms with Crippen molar-refractivity contribution in [3.05, 3.63) is 64.5 Å². The van der Waals surface area contributed by atoms with Crippen molar-refractivity contribution < 1.29 is 9.22 Å². The van der Waals surface area contributed by atoms with Gasteiger partial charge in [0.2, 0.25) is 8.32 Å². The number of aromatic nitrogens is 1.